The number of nitrogens with zero attached hydrogens (tertiary/aromatic N) is 4. The van der Waals surface area contributed by atoms with E-state index in [0.29, 0.717) is 57.8 Å². The fourth-order valence-electron chi connectivity index (χ4n) is 17.2. The smallest absolute Gasteiger partial charge is 0.270 e. The van der Waals surface area contributed by atoms with Crippen molar-refractivity contribution in [3.8, 4) is 43.1 Å². The molecule has 0 radical (unpaired) electrons. The van der Waals surface area contributed by atoms with Crippen molar-refractivity contribution in [1.82, 2.24) is 0 Å². The number of carbonyl (C=O) groups excluding carboxylic acids is 2. The fraction of sp³-hybridized carbons (Fsp3) is 0.467. The van der Waals surface area contributed by atoms with Gasteiger partial charge in [-0.3, -0.25) is 9.59 Å². The predicted octanol–water partition coefficient (Wildman–Crippen LogP) is 29.5. The van der Waals surface area contributed by atoms with Crippen LogP contribution in [0.4, 0.5) is 0 Å². The lowest BCUT2D eigenvalue weighted by molar-refractivity contribution is 0.103. The SMILES string of the molecule is [C-]#[N+]C(C#N)=C1/C(=C/c2cc3c(s2)-c2sc4c(OCCCCCCCC)c5cc6c7c(sc6c(OCCCCCCCC)c5cc4c2C3(CCCCCC)CCCCCC)-c2sc(/C=C3\C(=O)c4cc(Cl)c(Cl)cc4\C3=C(\C#N)[N+]#[C-])cc2C7(CCCCCC)CCCCCC)C(=O)c2ccccc21. The van der Waals surface area contributed by atoms with Gasteiger partial charge in [0.1, 0.15) is 11.5 Å². The molecular formula is C90H98Cl2N4O4S4. The number of ketones is 2. The molecule has 104 heavy (non-hydrogen) atoms. The molecule has 4 aromatic carbocycles. The second-order valence-corrected chi connectivity index (χ2v) is 34.3. The minimum absolute atomic E-state index is 0.0686. The van der Waals surface area contributed by atoms with Gasteiger partial charge in [0.05, 0.1) is 67.7 Å². The summed E-state index contributed by atoms with van der Waals surface area (Å²) in [5.41, 5.74) is 7.88. The van der Waals surface area contributed by atoms with E-state index < -0.39 is 0 Å². The van der Waals surface area contributed by atoms with Crippen LogP contribution in [0.2, 0.25) is 10.0 Å². The van der Waals surface area contributed by atoms with Crippen molar-refractivity contribution in [2.75, 3.05) is 13.2 Å². The zero-order chi connectivity index (χ0) is 73.1. The average molecular weight is 1500 g/mol. The summed E-state index contributed by atoms with van der Waals surface area (Å²) in [6.07, 6.45) is 39.3. The number of rotatable bonds is 38. The molecule has 0 saturated heterocycles. The molecule has 0 bridgehead atoms. The fourth-order valence-corrected chi connectivity index (χ4v) is 23.0. The molecule has 14 heteroatoms. The van der Waals surface area contributed by atoms with Crippen molar-refractivity contribution in [2.24, 2.45) is 0 Å². The maximum Gasteiger partial charge on any atom is 0.270 e. The maximum atomic E-state index is 14.8. The molecule has 0 amide bonds. The van der Waals surface area contributed by atoms with Crippen molar-refractivity contribution >= 4 is 134 Å². The van der Waals surface area contributed by atoms with Gasteiger partial charge in [-0.1, -0.05) is 256 Å². The Hall–Kier alpha value is -7.10. The van der Waals surface area contributed by atoms with Crippen LogP contribution >= 0.6 is 68.5 Å². The number of nitriles is 2. The molecule has 8 aromatic rings. The number of benzene rings is 4. The number of fused-ring (bicyclic) bond motifs is 13. The van der Waals surface area contributed by atoms with Gasteiger partial charge < -0.3 is 9.47 Å². The van der Waals surface area contributed by atoms with Gasteiger partial charge in [0.25, 0.3) is 11.4 Å². The molecule has 12 rings (SSSR count). The van der Waals surface area contributed by atoms with Gasteiger partial charge in [0.15, 0.2) is 11.6 Å². The molecule has 0 saturated carbocycles. The number of hydrogen-bond acceptors (Lipinski definition) is 10. The average Bonchev–Trinajstić information content (AvgIpc) is 1.51. The van der Waals surface area contributed by atoms with E-state index in [9.17, 15) is 20.1 Å². The third-order valence-corrected chi connectivity index (χ3v) is 28.0. The molecule has 0 aliphatic heterocycles. The lowest BCUT2D eigenvalue weighted by atomic mass is 9.70. The third-order valence-electron chi connectivity index (χ3n) is 22.4. The standard InChI is InChI=1S/C90H98Cl2N4O4S4/c1-9-15-21-27-29-37-45-99-81-64-52-68-78-88(86-70(90(78,43-35-25-19-13-5)44-36-26-20-14-6)50-58(102-86)48-66-76(74(56-94)96-8)61-53-71(91)72(92)54-62(61)80(66)98)104-84(68)82(100-46-38-30-28-22-16-10-2)63(64)51-67-77-87(103-83(67)81)85-69(89(77,41-33-23-17-11-3)42-34-24-18-12-4)49-57(101-85)47-65-75(73(55-93)95-7)59-39-31-32-40-60(59)79(65)97/h31-32,39-40,47-54H,9-30,33-38,41-46H2,1-6H3/b65-47-,66-48-,75-73?,76-74+. The first-order valence-electron chi connectivity index (χ1n) is 39.1. The first-order valence-corrected chi connectivity index (χ1v) is 43.1. The molecule has 0 fully saturated rings. The number of hydrogen-bond donors (Lipinski definition) is 0. The number of Topliss-reactive ketones (excluding diaryl/α,β-unsaturated/α-hetero) is 2. The molecule has 0 unspecified atom stereocenters. The molecule has 8 nitrogen and oxygen atoms in total. The van der Waals surface area contributed by atoms with Crippen LogP contribution in [-0.4, -0.2) is 24.8 Å². The maximum absolute atomic E-state index is 14.8. The summed E-state index contributed by atoms with van der Waals surface area (Å²) < 4.78 is 17.6. The normalized spacial score (nSPS) is 16.1. The van der Waals surface area contributed by atoms with Gasteiger partial charge in [0, 0.05) is 85.3 Å². The van der Waals surface area contributed by atoms with Crippen LogP contribution < -0.4 is 9.47 Å². The topological polar surface area (TPSA) is 109 Å². The summed E-state index contributed by atoms with van der Waals surface area (Å²) in [4.78, 5) is 43.7. The van der Waals surface area contributed by atoms with E-state index in [1.54, 1.807) is 34.8 Å². The van der Waals surface area contributed by atoms with Crippen LogP contribution in [0.15, 0.2) is 83.2 Å². The molecule has 540 valence electrons. The highest BCUT2D eigenvalue weighted by atomic mass is 35.5. The Bertz CT molecular complexity index is 4820. The van der Waals surface area contributed by atoms with E-state index in [1.807, 2.05) is 59.1 Å². The quantitative estimate of drug-likeness (QED) is 0.0165. The van der Waals surface area contributed by atoms with Gasteiger partial charge in [-0.15, -0.1) is 45.3 Å². The Morgan fingerprint density at radius 2 is 0.798 bits per heavy atom. The van der Waals surface area contributed by atoms with E-state index in [1.165, 1.54) is 113 Å². The van der Waals surface area contributed by atoms with Gasteiger partial charge in [-0.2, -0.15) is 0 Å². The lowest BCUT2D eigenvalue weighted by Crippen LogP contribution is -2.25. The minimum Gasteiger partial charge on any atom is -0.491 e. The molecule has 0 N–H and O–H groups in total. The second kappa shape index (κ2) is 35.1. The highest BCUT2D eigenvalue weighted by Gasteiger charge is 2.50. The second-order valence-electron chi connectivity index (χ2n) is 29.3. The summed E-state index contributed by atoms with van der Waals surface area (Å²) in [6.45, 7) is 31.2. The van der Waals surface area contributed by atoms with Gasteiger partial charge >= 0.3 is 0 Å². The van der Waals surface area contributed by atoms with Gasteiger partial charge in [-0.05, 0) is 120 Å². The summed E-state index contributed by atoms with van der Waals surface area (Å²) in [6, 6.07) is 24.7. The van der Waals surface area contributed by atoms with Crippen LogP contribution in [0, 0.1) is 35.8 Å². The molecule has 4 aromatic heterocycles. The van der Waals surface area contributed by atoms with E-state index in [2.05, 4.69) is 87.6 Å². The Balaban J connectivity index is 1.13. The van der Waals surface area contributed by atoms with E-state index in [4.69, 9.17) is 45.8 Å². The first kappa shape index (κ1) is 76.5. The van der Waals surface area contributed by atoms with E-state index in [0.717, 1.165) is 186 Å². The minimum atomic E-state index is -0.376. The van der Waals surface area contributed by atoms with E-state index >= 15 is 0 Å². The Morgan fingerprint density at radius 3 is 1.19 bits per heavy atom. The van der Waals surface area contributed by atoms with Crippen LogP contribution in [0.5, 0.6) is 11.5 Å². The van der Waals surface area contributed by atoms with Crippen LogP contribution in [-0.2, 0) is 10.8 Å². The molecule has 4 aliphatic rings. The molecule has 4 heterocycles. The number of unbranched alkanes of at least 4 members (excludes halogenated alkanes) is 22. The summed E-state index contributed by atoms with van der Waals surface area (Å²) in [5.74, 6) is 1.45. The zero-order valence-corrected chi connectivity index (χ0v) is 66.6. The highest BCUT2D eigenvalue weighted by molar-refractivity contribution is 7.28. The van der Waals surface area contributed by atoms with Crippen LogP contribution in [0.25, 0.3) is 83.4 Å². The molecule has 4 aliphatic carbocycles. The summed E-state index contributed by atoms with van der Waals surface area (Å²) >= 11 is 20.5. The number of ether oxygens (including phenoxy) is 2. The summed E-state index contributed by atoms with van der Waals surface area (Å²) in [5, 5.41) is 26.1. The van der Waals surface area contributed by atoms with Crippen molar-refractivity contribution in [3.05, 3.63) is 170 Å². The Morgan fingerprint density at radius 1 is 0.442 bits per heavy atom. The predicted molar refractivity (Wildman–Crippen MR) is 441 cm³/mol. The number of allylic oxidation sites excluding steroid dienone is 6. The molecule has 0 spiro atoms. The van der Waals surface area contributed by atoms with Crippen LogP contribution in [0.1, 0.15) is 311 Å². The number of thiophene rings is 4. The molecule has 0 atom stereocenters. The van der Waals surface area contributed by atoms with Crippen molar-refractivity contribution < 1.29 is 19.1 Å². The van der Waals surface area contributed by atoms with Gasteiger partial charge in [0.2, 0.25) is 0 Å². The zero-order valence-electron chi connectivity index (χ0n) is 61.8. The first-order chi connectivity index (χ1) is 50.8. The van der Waals surface area contributed by atoms with Crippen molar-refractivity contribution in [2.45, 2.75) is 258 Å². The largest absolute Gasteiger partial charge is 0.491 e. The Kier molecular flexibility index (Phi) is 25.8. The number of carbonyl (C=O) groups is 2. The third kappa shape index (κ3) is 14.8. The van der Waals surface area contributed by atoms with Crippen molar-refractivity contribution in [3.63, 3.8) is 0 Å². The van der Waals surface area contributed by atoms with Crippen molar-refractivity contribution in [1.29, 1.82) is 10.5 Å². The monoisotopic (exact) mass is 1500 g/mol. The Labute approximate surface area is 643 Å². The van der Waals surface area contributed by atoms with E-state index in [-0.39, 0.29) is 43.8 Å². The highest BCUT2D eigenvalue weighted by Crippen LogP contribution is 2.67. The number of halogens is 2. The lowest BCUT2D eigenvalue weighted by Gasteiger charge is -2.33. The van der Waals surface area contributed by atoms with Gasteiger partial charge in [-0.25, -0.2) is 20.2 Å². The van der Waals surface area contributed by atoms with Crippen LogP contribution in [0.3, 0.4) is 0 Å². The molecular weight excluding hydrogens is 1400 g/mol. The summed E-state index contributed by atoms with van der Waals surface area (Å²) in [7, 11) is 0.